The fourth-order valence-corrected chi connectivity index (χ4v) is 5.44. The number of nitrogens with one attached hydrogen (secondary N) is 1. The van der Waals surface area contributed by atoms with Crippen LogP contribution >= 0.6 is 0 Å². The maximum Gasteiger partial charge on any atom is 0.243 e. The SMILES string of the molecule is Cc1ccc(-c2noc(CCC(=O)Nc3ccc(S(=O)(=O)N4CCCC(C)C4)cc3)n2)cc1. The van der Waals surface area contributed by atoms with Crippen LogP contribution in [-0.4, -0.2) is 41.9 Å². The van der Waals surface area contributed by atoms with E-state index in [1.54, 1.807) is 16.4 Å². The molecule has 3 aromatic rings. The number of sulfonamides is 1. The number of piperidine rings is 1. The number of anilines is 1. The van der Waals surface area contributed by atoms with Crippen LogP contribution in [0.5, 0.6) is 0 Å². The summed E-state index contributed by atoms with van der Waals surface area (Å²) in [6.45, 7) is 5.16. The smallest absolute Gasteiger partial charge is 0.243 e. The normalized spacial score (nSPS) is 17.1. The maximum atomic E-state index is 12.9. The molecular weight excluding hydrogens is 440 g/mol. The summed E-state index contributed by atoms with van der Waals surface area (Å²) >= 11 is 0. The quantitative estimate of drug-likeness (QED) is 0.561. The number of benzene rings is 2. The van der Waals surface area contributed by atoms with Gasteiger partial charge in [-0.15, -0.1) is 0 Å². The molecule has 1 N–H and O–H groups in total. The van der Waals surface area contributed by atoms with Crippen molar-refractivity contribution in [2.75, 3.05) is 18.4 Å². The highest BCUT2D eigenvalue weighted by Gasteiger charge is 2.28. The summed E-state index contributed by atoms with van der Waals surface area (Å²) < 4.78 is 32.5. The molecule has 4 rings (SSSR count). The molecule has 1 aromatic heterocycles. The molecule has 0 saturated carbocycles. The monoisotopic (exact) mass is 468 g/mol. The third kappa shape index (κ3) is 5.66. The van der Waals surface area contributed by atoms with Gasteiger partial charge in [-0.1, -0.05) is 41.9 Å². The summed E-state index contributed by atoms with van der Waals surface area (Å²) in [5.41, 5.74) is 2.54. The van der Waals surface area contributed by atoms with Crippen LogP contribution in [0.4, 0.5) is 5.69 Å². The third-order valence-electron chi connectivity index (χ3n) is 5.74. The fourth-order valence-electron chi connectivity index (χ4n) is 3.84. The Bertz CT molecular complexity index is 1200. The number of aromatic nitrogens is 2. The van der Waals surface area contributed by atoms with Gasteiger partial charge in [0.05, 0.1) is 4.90 Å². The predicted molar refractivity (Wildman–Crippen MR) is 125 cm³/mol. The first-order chi connectivity index (χ1) is 15.8. The topological polar surface area (TPSA) is 105 Å². The first-order valence-corrected chi connectivity index (χ1v) is 12.5. The van der Waals surface area contributed by atoms with Crippen molar-refractivity contribution in [2.45, 2.75) is 44.4 Å². The molecule has 1 saturated heterocycles. The standard InChI is InChI=1S/C24H28N4O4S/c1-17-5-7-19(8-6-17)24-26-23(32-27-24)14-13-22(29)25-20-9-11-21(12-10-20)33(30,31)28-15-3-4-18(2)16-28/h5-12,18H,3-4,13-16H2,1-2H3,(H,25,29). The van der Waals surface area contributed by atoms with E-state index in [0.29, 0.717) is 42.8 Å². The zero-order chi connectivity index (χ0) is 23.4. The molecular formula is C24H28N4O4S. The van der Waals surface area contributed by atoms with E-state index in [4.69, 9.17) is 4.52 Å². The summed E-state index contributed by atoms with van der Waals surface area (Å²) in [7, 11) is -3.52. The van der Waals surface area contributed by atoms with Gasteiger partial charge in [0.25, 0.3) is 0 Å². The number of rotatable bonds is 7. The van der Waals surface area contributed by atoms with Crippen LogP contribution < -0.4 is 5.32 Å². The van der Waals surface area contributed by atoms with Crippen LogP contribution in [0.25, 0.3) is 11.4 Å². The van der Waals surface area contributed by atoms with Crippen molar-refractivity contribution >= 4 is 21.6 Å². The summed E-state index contributed by atoms with van der Waals surface area (Å²) in [5.74, 6) is 1.02. The molecule has 1 aliphatic rings. The predicted octanol–water partition coefficient (Wildman–Crippen LogP) is 4.04. The van der Waals surface area contributed by atoms with Gasteiger partial charge in [0.15, 0.2) is 0 Å². The third-order valence-corrected chi connectivity index (χ3v) is 7.62. The van der Waals surface area contributed by atoms with E-state index in [0.717, 1.165) is 24.0 Å². The summed E-state index contributed by atoms with van der Waals surface area (Å²) in [4.78, 5) is 16.9. The zero-order valence-corrected chi connectivity index (χ0v) is 19.6. The van der Waals surface area contributed by atoms with Gasteiger partial charge in [0, 0.05) is 37.2 Å². The highest BCUT2D eigenvalue weighted by molar-refractivity contribution is 7.89. The van der Waals surface area contributed by atoms with Crippen molar-refractivity contribution in [1.82, 2.24) is 14.4 Å². The van der Waals surface area contributed by atoms with Crippen molar-refractivity contribution in [1.29, 1.82) is 0 Å². The second-order valence-electron chi connectivity index (χ2n) is 8.56. The maximum absolute atomic E-state index is 12.9. The van der Waals surface area contributed by atoms with Crippen LogP contribution in [-0.2, 0) is 21.2 Å². The Morgan fingerprint density at radius 1 is 1.15 bits per heavy atom. The largest absolute Gasteiger partial charge is 0.339 e. The highest BCUT2D eigenvalue weighted by atomic mass is 32.2. The molecule has 1 fully saturated rings. The van der Waals surface area contributed by atoms with Gasteiger partial charge < -0.3 is 9.84 Å². The Kier molecular flexibility index (Phi) is 6.90. The second kappa shape index (κ2) is 9.84. The Labute approximate surface area is 194 Å². The van der Waals surface area contributed by atoms with Gasteiger partial charge in [-0.2, -0.15) is 9.29 Å². The lowest BCUT2D eigenvalue weighted by Crippen LogP contribution is -2.39. The molecule has 0 bridgehead atoms. The highest BCUT2D eigenvalue weighted by Crippen LogP contribution is 2.24. The summed E-state index contributed by atoms with van der Waals surface area (Å²) in [6, 6.07) is 14.1. The van der Waals surface area contributed by atoms with Crippen molar-refractivity contribution in [3.63, 3.8) is 0 Å². The van der Waals surface area contributed by atoms with Crippen LogP contribution in [0.3, 0.4) is 0 Å². The van der Waals surface area contributed by atoms with Crippen molar-refractivity contribution in [3.05, 3.63) is 60.0 Å². The molecule has 0 spiro atoms. The fraction of sp³-hybridized carbons (Fsp3) is 0.375. The molecule has 0 aliphatic carbocycles. The molecule has 1 atom stereocenters. The van der Waals surface area contributed by atoms with Crippen molar-refractivity contribution in [2.24, 2.45) is 5.92 Å². The molecule has 1 aliphatic heterocycles. The lowest BCUT2D eigenvalue weighted by Gasteiger charge is -2.30. The molecule has 174 valence electrons. The van der Waals surface area contributed by atoms with Crippen molar-refractivity contribution < 1.29 is 17.7 Å². The molecule has 0 radical (unpaired) electrons. The van der Waals surface area contributed by atoms with E-state index in [-0.39, 0.29) is 17.2 Å². The summed E-state index contributed by atoms with van der Waals surface area (Å²) in [6.07, 6.45) is 2.40. The number of hydrogen-bond donors (Lipinski definition) is 1. The zero-order valence-electron chi connectivity index (χ0n) is 18.8. The number of aryl methyl sites for hydroxylation is 2. The van der Waals surface area contributed by atoms with Crippen LogP contribution in [0.1, 0.15) is 37.6 Å². The average Bonchev–Trinajstić information content (AvgIpc) is 3.28. The van der Waals surface area contributed by atoms with E-state index in [2.05, 4.69) is 22.4 Å². The first kappa shape index (κ1) is 23.1. The minimum atomic E-state index is -3.52. The van der Waals surface area contributed by atoms with E-state index in [1.807, 2.05) is 31.2 Å². The molecule has 9 heteroatoms. The van der Waals surface area contributed by atoms with Gasteiger partial charge in [-0.25, -0.2) is 8.42 Å². The lowest BCUT2D eigenvalue weighted by molar-refractivity contribution is -0.116. The Morgan fingerprint density at radius 2 is 1.88 bits per heavy atom. The van der Waals surface area contributed by atoms with E-state index in [1.165, 1.54) is 12.1 Å². The molecule has 8 nitrogen and oxygen atoms in total. The Balaban J connectivity index is 1.31. The lowest BCUT2D eigenvalue weighted by atomic mass is 10.0. The minimum absolute atomic E-state index is 0.168. The van der Waals surface area contributed by atoms with Gasteiger partial charge in [-0.05, 0) is 49.9 Å². The molecule has 2 heterocycles. The Morgan fingerprint density at radius 3 is 2.58 bits per heavy atom. The first-order valence-electron chi connectivity index (χ1n) is 11.1. The Hall–Kier alpha value is -3.04. The minimum Gasteiger partial charge on any atom is -0.339 e. The summed E-state index contributed by atoms with van der Waals surface area (Å²) in [5, 5.41) is 6.76. The number of hydrogen-bond acceptors (Lipinski definition) is 6. The molecule has 1 amide bonds. The van der Waals surface area contributed by atoms with Crippen LogP contribution in [0, 0.1) is 12.8 Å². The van der Waals surface area contributed by atoms with E-state index >= 15 is 0 Å². The average molecular weight is 469 g/mol. The number of nitrogens with zero attached hydrogens (tertiary/aromatic N) is 3. The van der Waals surface area contributed by atoms with Crippen LogP contribution in [0.2, 0.25) is 0 Å². The van der Waals surface area contributed by atoms with Gasteiger partial charge >= 0.3 is 0 Å². The van der Waals surface area contributed by atoms with E-state index in [9.17, 15) is 13.2 Å². The molecule has 33 heavy (non-hydrogen) atoms. The molecule has 1 unspecified atom stereocenters. The van der Waals surface area contributed by atoms with Gasteiger partial charge in [0.1, 0.15) is 0 Å². The number of carbonyl (C=O) groups is 1. The van der Waals surface area contributed by atoms with Gasteiger partial charge in [-0.3, -0.25) is 4.79 Å². The number of carbonyl (C=O) groups excluding carboxylic acids is 1. The second-order valence-corrected chi connectivity index (χ2v) is 10.5. The van der Waals surface area contributed by atoms with E-state index < -0.39 is 10.0 Å². The van der Waals surface area contributed by atoms with Crippen LogP contribution in [0.15, 0.2) is 57.9 Å². The number of amides is 1. The molecule has 2 aromatic carbocycles. The van der Waals surface area contributed by atoms with Crippen molar-refractivity contribution in [3.8, 4) is 11.4 Å². The van der Waals surface area contributed by atoms with Gasteiger partial charge in [0.2, 0.25) is 27.6 Å².